The van der Waals surface area contributed by atoms with Crippen molar-refractivity contribution in [3.05, 3.63) is 23.3 Å². The lowest BCUT2D eigenvalue weighted by atomic mass is 10.3. The molecule has 0 bridgehead atoms. The molecule has 0 amide bonds. The second kappa shape index (κ2) is 5.40. The summed E-state index contributed by atoms with van der Waals surface area (Å²) in [5.41, 5.74) is 21.7. The highest BCUT2D eigenvalue weighted by Crippen LogP contribution is 2.28. The SMILES string of the molecule is NC(N)=NCc1ccc(-c2csc(N=C(N)N)n2)o1. The molecule has 0 aromatic carbocycles. The highest BCUT2D eigenvalue weighted by atomic mass is 32.1. The molecule has 0 fully saturated rings. The van der Waals surface area contributed by atoms with E-state index in [-0.39, 0.29) is 18.5 Å². The number of hydrogen-bond acceptors (Lipinski definition) is 5. The van der Waals surface area contributed by atoms with Crippen LogP contribution in [0.2, 0.25) is 0 Å². The molecule has 0 radical (unpaired) electrons. The fourth-order valence-corrected chi connectivity index (χ4v) is 2.00. The molecule has 2 aromatic heterocycles. The third-order valence-corrected chi connectivity index (χ3v) is 2.78. The van der Waals surface area contributed by atoms with E-state index in [2.05, 4.69) is 15.0 Å². The van der Waals surface area contributed by atoms with Crippen molar-refractivity contribution in [2.45, 2.75) is 6.54 Å². The van der Waals surface area contributed by atoms with Crippen LogP contribution in [0.15, 0.2) is 31.9 Å². The van der Waals surface area contributed by atoms with E-state index in [0.29, 0.717) is 22.3 Å². The summed E-state index contributed by atoms with van der Waals surface area (Å²) < 4.78 is 5.55. The Hall–Kier alpha value is -2.55. The van der Waals surface area contributed by atoms with Gasteiger partial charge in [-0.15, -0.1) is 11.3 Å². The van der Waals surface area contributed by atoms with E-state index in [1.165, 1.54) is 11.3 Å². The minimum atomic E-state index is -0.0335. The lowest BCUT2D eigenvalue weighted by Gasteiger charge is -1.92. The molecule has 2 rings (SSSR count). The molecule has 2 aromatic rings. The maximum atomic E-state index is 5.55. The molecule has 8 nitrogen and oxygen atoms in total. The van der Waals surface area contributed by atoms with E-state index in [9.17, 15) is 0 Å². The Labute approximate surface area is 112 Å². The molecule has 0 atom stereocenters. The topological polar surface area (TPSA) is 155 Å². The first-order chi connectivity index (χ1) is 9.04. The molecular formula is C10H13N7OS. The number of hydrogen-bond donors (Lipinski definition) is 4. The Balaban J connectivity index is 2.16. The van der Waals surface area contributed by atoms with Gasteiger partial charge in [-0.3, -0.25) is 0 Å². The Morgan fingerprint density at radius 1 is 1.21 bits per heavy atom. The fourth-order valence-electron chi connectivity index (χ4n) is 1.31. The summed E-state index contributed by atoms with van der Waals surface area (Å²) in [4.78, 5) is 11.9. The number of rotatable bonds is 4. The van der Waals surface area contributed by atoms with E-state index >= 15 is 0 Å². The van der Waals surface area contributed by atoms with Crippen LogP contribution in [0.1, 0.15) is 5.76 Å². The number of guanidine groups is 2. The van der Waals surface area contributed by atoms with E-state index < -0.39 is 0 Å². The van der Waals surface area contributed by atoms with Crippen LogP contribution in [-0.2, 0) is 6.54 Å². The quantitative estimate of drug-likeness (QED) is 0.459. The summed E-state index contributed by atoms with van der Waals surface area (Å²) in [6.07, 6.45) is 0. The van der Waals surface area contributed by atoms with Crippen molar-refractivity contribution >= 4 is 28.4 Å². The van der Waals surface area contributed by atoms with E-state index in [1.54, 1.807) is 17.5 Å². The first-order valence-electron chi connectivity index (χ1n) is 5.24. The van der Waals surface area contributed by atoms with Gasteiger partial charge in [0.1, 0.15) is 18.0 Å². The van der Waals surface area contributed by atoms with Crippen molar-refractivity contribution in [3.63, 3.8) is 0 Å². The zero-order valence-electron chi connectivity index (χ0n) is 9.91. The lowest BCUT2D eigenvalue weighted by Crippen LogP contribution is -2.22. The second-order valence-electron chi connectivity index (χ2n) is 3.56. The number of nitrogens with two attached hydrogens (primary N) is 4. The van der Waals surface area contributed by atoms with Gasteiger partial charge in [0.25, 0.3) is 0 Å². The van der Waals surface area contributed by atoms with Gasteiger partial charge in [-0.25, -0.2) is 9.98 Å². The summed E-state index contributed by atoms with van der Waals surface area (Å²) in [5.74, 6) is 1.23. The standard InChI is InChI=1S/C10H13N7OS/c11-8(12)15-3-5-1-2-7(18-5)6-4-19-10(16-6)17-9(13)14/h1-2,4H,3H2,(H4,11,12,15)(H4,13,14,16,17). The zero-order valence-corrected chi connectivity index (χ0v) is 10.7. The Bertz CT molecular complexity index is 619. The van der Waals surface area contributed by atoms with E-state index in [0.717, 1.165) is 0 Å². The van der Waals surface area contributed by atoms with Crippen LogP contribution >= 0.6 is 11.3 Å². The zero-order chi connectivity index (χ0) is 13.8. The fraction of sp³-hybridized carbons (Fsp3) is 0.100. The molecule has 0 saturated heterocycles. The van der Waals surface area contributed by atoms with Crippen molar-refractivity contribution in [1.82, 2.24) is 4.98 Å². The van der Waals surface area contributed by atoms with Gasteiger partial charge in [-0.05, 0) is 12.1 Å². The van der Waals surface area contributed by atoms with Crippen LogP contribution < -0.4 is 22.9 Å². The van der Waals surface area contributed by atoms with Crippen LogP contribution in [0.25, 0.3) is 11.5 Å². The first-order valence-corrected chi connectivity index (χ1v) is 6.12. The monoisotopic (exact) mass is 279 g/mol. The molecule has 2 heterocycles. The highest BCUT2D eigenvalue weighted by Gasteiger charge is 2.09. The molecule has 0 unspecified atom stereocenters. The molecule has 19 heavy (non-hydrogen) atoms. The predicted molar refractivity (Wildman–Crippen MR) is 74.8 cm³/mol. The van der Waals surface area contributed by atoms with Crippen LogP contribution in [0, 0.1) is 0 Å². The van der Waals surface area contributed by atoms with Crippen molar-refractivity contribution < 1.29 is 4.42 Å². The normalized spacial score (nSPS) is 10.1. The Morgan fingerprint density at radius 2 is 2.00 bits per heavy atom. The van der Waals surface area contributed by atoms with Gasteiger partial charge in [-0.1, -0.05) is 0 Å². The summed E-state index contributed by atoms with van der Waals surface area (Å²) in [5, 5.41) is 2.27. The van der Waals surface area contributed by atoms with Gasteiger partial charge in [0.15, 0.2) is 17.7 Å². The summed E-state index contributed by atoms with van der Waals surface area (Å²) in [6, 6.07) is 3.56. The van der Waals surface area contributed by atoms with Crippen molar-refractivity contribution in [2.75, 3.05) is 0 Å². The molecule has 8 N–H and O–H groups in total. The van der Waals surface area contributed by atoms with Gasteiger partial charge >= 0.3 is 0 Å². The van der Waals surface area contributed by atoms with E-state index in [1.807, 2.05) is 0 Å². The van der Waals surface area contributed by atoms with Gasteiger partial charge < -0.3 is 27.4 Å². The Kier molecular flexibility index (Phi) is 3.66. The smallest absolute Gasteiger partial charge is 0.212 e. The first kappa shape index (κ1) is 12.9. The minimum Gasteiger partial charge on any atom is -0.457 e. The van der Waals surface area contributed by atoms with Gasteiger partial charge in [0, 0.05) is 5.38 Å². The summed E-state index contributed by atoms with van der Waals surface area (Å²) >= 11 is 1.31. The van der Waals surface area contributed by atoms with Crippen LogP contribution in [0.3, 0.4) is 0 Å². The maximum Gasteiger partial charge on any atom is 0.212 e. The molecular weight excluding hydrogens is 266 g/mol. The van der Waals surface area contributed by atoms with Crippen LogP contribution in [0.5, 0.6) is 0 Å². The van der Waals surface area contributed by atoms with Crippen molar-refractivity contribution in [2.24, 2.45) is 32.9 Å². The average Bonchev–Trinajstić information content (AvgIpc) is 2.93. The molecule has 0 aliphatic carbocycles. The number of thiazole rings is 1. The average molecular weight is 279 g/mol. The molecule has 0 aliphatic rings. The third-order valence-electron chi connectivity index (χ3n) is 2.05. The molecule has 0 spiro atoms. The third kappa shape index (κ3) is 3.45. The maximum absolute atomic E-state index is 5.55. The van der Waals surface area contributed by atoms with Crippen molar-refractivity contribution in [3.8, 4) is 11.5 Å². The van der Waals surface area contributed by atoms with Gasteiger partial charge in [0.2, 0.25) is 5.13 Å². The molecule has 100 valence electrons. The molecule has 0 aliphatic heterocycles. The second-order valence-corrected chi connectivity index (χ2v) is 4.40. The number of aromatic nitrogens is 1. The molecule has 9 heteroatoms. The minimum absolute atomic E-state index is 0.0154. The Morgan fingerprint density at radius 3 is 2.68 bits per heavy atom. The largest absolute Gasteiger partial charge is 0.457 e. The van der Waals surface area contributed by atoms with Crippen LogP contribution in [0.4, 0.5) is 5.13 Å². The summed E-state index contributed by atoms with van der Waals surface area (Å²) in [7, 11) is 0. The number of furan rings is 1. The van der Waals surface area contributed by atoms with Crippen molar-refractivity contribution in [1.29, 1.82) is 0 Å². The van der Waals surface area contributed by atoms with Crippen LogP contribution in [-0.4, -0.2) is 16.9 Å². The van der Waals surface area contributed by atoms with Gasteiger partial charge in [-0.2, -0.15) is 4.99 Å². The highest BCUT2D eigenvalue weighted by molar-refractivity contribution is 7.13. The number of nitrogens with zero attached hydrogens (tertiary/aromatic N) is 3. The van der Waals surface area contributed by atoms with E-state index in [4.69, 9.17) is 27.4 Å². The predicted octanol–water partition coefficient (Wildman–Crippen LogP) is 0.0814. The number of aliphatic imine (C=N–C) groups is 2. The van der Waals surface area contributed by atoms with Gasteiger partial charge in [0.05, 0.1) is 0 Å². The summed E-state index contributed by atoms with van der Waals surface area (Å²) in [6.45, 7) is 0.285. The lowest BCUT2D eigenvalue weighted by molar-refractivity contribution is 0.524. The molecule has 0 saturated carbocycles.